The van der Waals surface area contributed by atoms with Gasteiger partial charge in [0.2, 0.25) is 5.13 Å². The summed E-state index contributed by atoms with van der Waals surface area (Å²) in [5.41, 5.74) is 0.975. The third-order valence-corrected chi connectivity index (χ3v) is 4.60. The summed E-state index contributed by atoms with van der Waals surface area (Å²) < 4.78 is 20.6. The Morgan fingerprint density at radius 2 is 2.04 bits per heavy atom. The molecule has 1 fully saturated rings. The first kappa shape index (κ1) is 17.1. The summed E-state index contributed by atoms with van der Waals surface area (Å²) >= 11 is 1.36. The monoisotopic (exact) mass is 349 g/mol. The highest BCUT2D eigenvalue weighted by Gasteiger charge is 2.14. The van der Waals surface area contributed by atoms with Crippen molar-refractivity contribution in [1.29, 1.82) is 0 Å². The van der Waals surface area contributed by atoms with Crippen LogP contribution >= 0.6 is 11.5 Å². The molecule has 0 radical (unpaired) electrons. The molecule has 0 spiro atoms. The first-order chi connectivity index (χ1) is 11.8. The first-order valence-electron chi connectivity index (χ1n) is 8.22. The van der Waals surface area contributed by atoms with Crippen molar-refractivity contribution in [2.45, 2.75) is 19.3 Å². The van der Waals surface area contributed by atoms with Crippen molar-refractivity contribution in [3.8, 4) is 5.75 Å². The van der Waals surface area contributed by atoms with Crippen LogP contribution in [0.4, 0.5) is 10.8 Å². The molecule has 3 rings (SSSR count). The first-order valence-corrected chi connectivity index (χ1v) is 9.00. The van der Waals surface area contributed by atoms with Crippen LogP contribution < -0.4 is 10.1 Å². The Balaban J connectivity index is 1.47. The van der Waals surface area contributed by atoms with Gasteiger partial charge in [0.05, 0.1) is 13.2 Å². The van der Waals surface area contributed by atoms with E-state index in [1.54, 1.807) is 7.11 Å². The van der Waals surface area contributed by atoms with Gasteiger partial charge in [0.1, 0.15) is 11.6 Å². The van der Waals surface area contributed by atoms with Crippen LogP contribution in [0, 0.1) is 5.92 Å². The van der Waals surface area contributed by atoms with E-state index in [0.717, 1.165) is 61.5 Å². The van der Waals surface area contributed by atoms with E-state index in [-0.39, 0.29) is 0 Å². The Hall–Kier alpha value is -1.70. The number of aromatic nitrogens is 2. The average molecular weight is 349 g/mol. The van der Waals surface area contributed by atoms with E-state index < -0.39 is 0 Å². The molecule has 2 aromatic rings. The van der Waals surface area contributed by atoms with Gasteiger partial charge in [-0.25, -0.2) is 4.98 Å². The zero-order chi connectivity index (χ0) is 16.6. The van der Waals surface area contributed by atoms with Gasteiger partial charge in [0.25, 0.3) is 0 Å². The van der Waals surface area contributed by atoms with Gasteiger partial charge in [0.15, 0.2) is 0 Å². The zero-order valence-corrected chi connectivity index (χ0v) is 14.7. The largest absolute Gasteiger partial charge is 0.493 e. The molecule has 1 saturated heterocycles. The molecular weight excluding hydrogens is 326 g/mol. The molecule has 24 heavy (non-hydrogen) atoms. The highest BCUT2D eigenvalue weighted by Crippen LogP contribution is 2.23. The van der Waals surface area contributed by atoms with Gasteiger partial charge in [-0.3, -0.25) is 0 Å². The molecule has 0 saturated carbocycles. The molecule has 130 valence electrons. The molecular formula is C17H23N3O3S. The molecule has 0 bridgehead atoms. The second kappa shape index (κ2) is 8.96. The third kappa shape index (κ3) is 5.15. The highest BCUT2D eigenvalue weighted by atomic mass is 32.1. The van der Waals surface area contributed by atoms with Crippen molar-refractivity contribution >= 4 is 22.4 Å². The number of anilines is 2. The minimum atomic E-state index is 0.600. The van der Waals surface area contributed by atoms with Gasteiger partial charge < -0.3 is 19.5 Å². The molecule has 1 aromatic heterocycles. The lowest BCUT2D eigenvalue weighted by molar-refractivity contribution is 0.0497. The number of hydrogen-bond donors (Lipinski definition) is 1. The molecule has 1 aromatic carbocycles. The smallest absolute Gasteiger partial charge is 0.207 e. The number of benzene rings is 1. The predicted molar refractivity (Wildman–Crippen MR) is 94.3 cm³/mol. The van der Waals surface area contributed by atoms with Crippen molar-refractivity contribution in [2.24, 2.45) is 5.92 Å². The van der Waals surface area contributed by atoms with Crippen LogP contribution in [0.2, 0.25) is 0 Å². The SMILES string of the molecule is COCCc1nsc(Nc2ccc(OCC3CCOCC3)cc2)n1. The van der Waals surface area contributed by atoms with Crippen LogP contribution in [0.1, 0.15) is 18.7 Å². The Kier molecular flexibility index (Phi) is 6.40. The van der Waals surface area contributed by atoms with Gasteiger partial charge >= 0.3 is 0 Å². The summed E-state index contributed by atoms with van der Waals surface area (Å²) in [4.78, 5) is 4.44. The summed E-state index contributed by atoms with van der Waals surface area (Å²) in [7, 11) is 1.68. The molecule has 0 unspecified atom stereocenters. The number of hydrogen-bond acceptors (Lipinski definition) is 7. The Labute approximate surface area is 146 Å². The van der Waals surface area contributed by atoms with E-state index in [0.29, 0.717) is 12.5 Å². The average Bonchev–Trinajstić information content (AvgIpc) is 3.07. The lowest BCUT2D eigenvalue weighted by atomic mass is 10.0. The van der Waals surface area contributed by atoms with Gasteiger partial charge in [-0.2, -0.15) is 4.37 Å². The zero-order valence-electron chi connectivity index (χ0n) is 13.9. The summed E-state index contributed by atoms with van der Waals surface area (Å²) in [6.45, 7) is 3.10. The molecule has 1 aliphatic rings. The Bertz CT molecular complexity index is 612. The third-order valence-electron chi connectivity index (χ3n) is 3.93. The number of nitrogens with zero attached hydrogens (tertiary/aromatic N) is 2. The van der Waals surface area contributed by atoms with Crippen LogP contribution in [0.15, 0.2) is 24.3 Å². The van der Waals surface area contributed by atoms with Gasteiger partial charge in [-0.05, 0) is 43.0 Å². The maximum absolute atomic E-state index is 5.88. The molecule has 7 heteroatoms. The maximum Gasteiger partial charge on any atom is 0.207 e. The van der Waals surface area contributed by atoms with E-state index in [2.05, 4.69) is 14.7 Å². The molecule has 0 aliphatic carbocycles. The van der Waals surface area contributed by atoms with Crippen LogP contribution in [0.5, 0.6) is 5.75 Å². The maximum atomic E-state index is 5.88. The van der Waals surface area contributed by atoms with E-state index >= 15 is 0 Å². The fraction of sp³-hybridized carbons (Fsp3) is 0.529. The lowest BCUT2D eigenvalue weighted by Crippen LogP contribution is -2.21. The van der Waals surface area contributed by atoms with Gasteiger partial charge in [-0.15, -0.1) is 0 Å². The molecule has 1 aliphatic heterocycles. The Morgan fingerprint density at radius 3 is 2.79 bits per heavy atom. The van der Waals surface area contributed by atoms with Gasteiger partial charge in [-0.1, -0.05) is 0 Å². The minimum Gasteiger partial charge on any atom is -0.493 e. The number of rotatable bonds is 8. The van der Waals surface area contributed by atoms with Gasteiger partial charge in [0, 0.05) is 44.0 Å². The van der Waals surface area contributed by atoms with Crippen molar-refractivity contribution < 1.29 is 14.2 Å². The Morgan fingerprint density at radius 1 is 1.25 bits per heavy atom. The fourth-order valence-electron chi connectivity index (χ4n) is 2.48. The summed E-state index contributed by atoms with van der Waals surface area (Å²) in [6.07, 6.45) is 2.90. The second-order valence-electron chi connectivity index (χ2n) is 5.77. The van der Waals surface area contributed by atoms with E-state index in [4.69, 9.17) is 14.2 Å². The number of nitrogens with one attached hydrogen (secondary N) is 1. The standard InChI is InChI=1S/C17H23N3O3S/c1-21-9-8-16-19-17(24-20-16)18-14-2-4-15(5-3-14)23-12-13-6-10-22-11-7-13/h2-5,13H,6-12H2,1H3,(H,18,19,20). The van der Waals surface area contributed by atoms with Crippen molar-refractivity contribution in [1.82, 2.24) is 9.36 Å². The minimum absolute atomic E-state index is 0.600. The molecule has 0 atom stereocenters. The fourth-order valence-corrected chi connectivity index (χ4v) is 3.12. The summed E-state index contributed by atoms with van der Waals surface area (Å²) in [5, 5.41) is 4.05. The van der Waals surface area contributed by atoms with Crippen LogP contribution in [0.25, 0.3) is 0 Å². The van der Waals surface area contributed by atoms with E-state index in [1.165, 1.54) is 11.5 Å². The highest BCUT2D eigenvalue weighted by molar-refractivity contribution is 7.09. The van der Waals surface area contributed by atoms with E-state index in [1.807, 2.05) is 24.3 Å². The lowest BCUT2D eigenvalue weighted by Gasteiger charge is -2.22. The predicted octanol–water partition coefficient (Wildman–Crippen LogP) is 3.28. The number of methoxy groups -OCH3 is 1. The summed E-state index contributed by atoms with van der Waals surface area (Å²) in [6, 6.07) is 7.95. The molecule has 0 amide bonds. The molecule has 2 heterocycles. The summed E-state index contributed by atoms with van der Waals surface area (Å²) in [5.74, 6) is 2.30. The molecule has 1 N–H and O–H groups in total. The van der Waals surface area contributed by atoms with Crippen LogP contribution in [0.3, 0.4) is 0 Å². The number of ether oxygens (including phenoxy) is 3. The van der Waals surface area contributed by atoms with Crippen molar-refractivity contribution in [3.63, 3.8) is 0 Å². The van der Waals surface area contributed by atoms with Crippen molar-refractivity contribution in [2.75, 3.05) is 38.9 Å². The normalized spacial score (nSPS) is 15.4. The van der Waals surface area contributed by atoms with E-state index in [9.17, 15) is 0 Å². The van der Waals surface area contributed by atoms with Crippen LogP contribution in [-0.2, 0) is 15.9 Å². The van der Waals surface area contributed by atoms with Crippen molar-refractivity contribution in [3.05, 3.63) is 30.1 Å². The van der Waals surface area contributed by atoms with Crippen LogP contribution in [-0.4, -0.2) is 42.9 Å². The quantitative estimate of drug-likeness (QED) is 0.789. The second-order valence-corrected chi connectivity index (χ2v) is 6.53. The topological polar surface area (TPSA) is 65.5 Å². The molecule has 6 nitrogen and oxygen atoms in total.